The van der Waals surface area contributed by atoms with Gasteiger partial charge < -0.3 is 14.9 Å². The molecule has 2 bridgehead atoms. The third kappa shape index (κ3) is 4.01. The molecule has 2 fully saturated rings. The van der Waals surface area contributed by atoms with Crippen LogP contribution in [0, 0.1) is 11.3 Å². The molecule has 3 aliphatic rings. The van der Waals surface area contributed by atoms with E-state index in [1.54, 1.807) is 6.07 Å². The third-order valence-electron chi connectivity index (χ3n) is 10.1. The second-order valence-electron chi connectivity index (χ2n) is 12.0. The first kappa shape index (κ1) is 24.9. The molecule has 2 aromatic rings. The fourth-order valence-electron chi connectivity index (χ4n) is 7.23. The highest BCUT2D eigenvalue weighted by Gasteiger charge is 2.57. The van der Waals surface area contributed by atoms with E-state index in [0.29, 0.717) is 18.6 Å². The first-order valence-corrected chi connectivity index (χ1v) is 13.5. The minimum atomic E-state index is -0.0804. The van der Waals surface area contributed by atoms with E-state index >= 15 is 0 Å². The zero-order valence-corrected chi connectivity index (χ0v) is 22.2. The van der Waals surface area contributed by atoms with E-state index in [1.807, 2.05) is 48.3 Å². The molecule has 192 valence electrons. The number of carbonyl (C=O) groups is 2. The number of phenols is 1. The van der Waals surface area contributed by atoms with Gasteiger partial charge in [0, 0.05) is 37.0 Å². The van der Waals surface area contributed by atoms with Crippen LogP contribution in [0.1, 0.15) is 69.6 Å². The molecular weight excluding hydrogens is 448 g/mol. The van der Waals surface area contributed by atoms with Gasteiger partial charge in [0.1, 0.15) is 5.75 Å². The van der Waals surface area contributed by atoms with Crippen LogP contribution in [-0.2, 0) is 27.8 Å². The van der Waals surface area contributed by atoms with E-state index in [2.05, 4.69) is 31.7 Å². The molecule has 2 aromatic carbocycles. The predicted molar refractivity (Wildman–Crippen MR) is 142 cm³/mol. The maximum atomic E-state index is 13.9. The van der Waals surface area contributed by atoms with Gasteiger partial charge in [-0.05, 0) is 66.7 Å². The Morgan fingerprint density at radius 1 is 1.00 bits per heavy atom. The molecule has 36 heavy (non-hydrogen) atoms. The van der Waals surface area contributed by atoms with Crippen molar-refractivity contribution < 1.29 is 14.7 Å². The van der Waals surface area contributed by atoms with Crippen molar-refractivity contribution in [2.75, 3.05) is 13.6 Å². The Hall–Kier alpha value is -2.82. The van der Waals surface area contributed by atoms with Crippen molar-refractivity contribution in [3.8, 4) is 5.75 Å². The lowest BCUT2D eigenvalue weighted by atomic mass is 9.51. The lowest BCUT2D eigenvalue weighted by Crippen LogP contribution is -2.65. The summed E-state index contributed by atoms with van der Waals surface area (Å²) in [6.45, 7) is 7.68. The van der Waals surface area contributed by atoms with Gasteiger partial charge in [0.25, 0.3) is 0 Å². The summed E-state index contributed by atoms with van der Waals surface area (Å²) < 4.78 is 0. The molecule has 1 heterocycles. The van der Waals surface area contributed by atoms with Crippen molar-refractivity contribution in [3.63, 3.8) is 0 Å². The van der Waals surface area contributed by atoms with Crippen LogP contribution in [-0.4, -0.2) is 52.4 Å². The maximum absolute atomic E-state index is 13.9. The van der Waals surface area contributed by atoms with Crippen LogP contribution in [0.4, 0.5) is 0 Å². The first-order chi connectivity index (χ1) is 17.1. The van der Waals surface area contributed by atoms with Crippen LogP contribution in [0.5, 0.6) is 5.75 Å². The maximum Gasteiger partial charge on any atom is 0.226 e. The summed E-state index contributed by atoms with van der Waals surface area (Å²) in [6, 6.07) is 16.1. The number of aromatic hydroxyl groups is 1. The zero-order valence-electron chi connectivity index (χ0n) is 22.2. The number of amides is 2. The Balaban J connectivity index is 1.25. The van der Waals surface area contributed by atoms with Gasteiger partial charge in [-0.2, -0.15) is 0 Å². The van der Waals surface area contributed by atoms with E-state index in [-0.39, 0.29) is 40.6 Å². The molecule has 1 saturated heterocycles. The van der Waals surface area contributed by atoms with Crippen LogP contribution < -0.4 is 0 Å². The number of piperidine rings is 1. The number of likely N-dealkylation sites (N-methyl/N-ethyl adjacent to an activating group) is 1. The van der Waals surface area contributed by atoms with Gasteiger partial charge in [-0.25, -0.2) is 0 Å². The van der Waals surface area contributed by atoms with E-state index in [0.717, 1.165) is 49.8 Å². The van der Waals surface area contributed by atoms with Crippen molar-refractivity contribution in [3.05, 3.63) is 65.2 Å². The number of nitrogens with zero attached hydrogens (tertiary/aromatic N) is 2. The van der Waals surface area contributed by atoms with Crippen molar-refractivity contribution in [1.82, 2.24) is 9.80 Å². The normalized spacial score (nSPS) is 28.8. The molecule has 1 N–H and O–H groups in total. The summed E-state index contributed by atoms with van der Waals surface area (Å²) in [7, 11) is 1.91. The third-order valence-corrected chi connectivity index (χ3v) is 10.1. The van der Waals surface area contributed by atoms with Gasteiger partial charge in [-0.3, -0.25) is 9.59 Å². The number of fused-ring (bicyclic) bond motifs is 4. The molecule has 2 atom stereocenters. The summed E-state index contributed by atoms with van der Waals surface area (Å²) in [6.07, 6.45) is 5.44. The van der Waals surface area contributed by atoms with E-state index in [1.165, 1.54) is 5.56 Å². The Morgan fingerprint density at radius 2 is 1.69 bits per heavy atom. The van der Waals surface area contributed by atoms with Crippen LogP contribution in [0.25, 0.3) is 0 Å². The van der Waals surface area contributed by atoms with Crippen molar-refractivity contribution in [2.24, 2.45) is 11.3 Å². The van der Waals surface area contributed by atoms with Crippen LogP contribution in [0.15, 0.2) is 48.5 Å². The molecular formula is C31H40N2O3. The average Bonchev–Trinajstić information content (AvgIpc) is 2.86. The summed E-state index contributed by atoms with van der Waals surface area (Å²) in [5, 5.41) is 10.7. The van der Waals surface area contributed by atoms with Gasteiger partial charge in [0.2, 0.25) is 11.8 Å². The average molecular weight is 489 g/mol. The lowest BCUT2D eigenvalue weighted by Gasteiger charge is -2.61. The van der Waals surface area contributed by atoms with Gasteiger partial charge >= 0.3 is 0 Å². The molecule has 2 aliphatic carbocycles. The Labute approximate surface area is 215 Å². The Morgan fingerprint density at radius 3 is 2.39 bits per heavy atom. The van der Waals surface area contributed by atoms with E-state index < -0.39 is 0 Å². The van der Waals surface area contributed by atoms with E-state index in [4.69, 9.17) is 0 Å². The lowest BCUT2D eigenvalue weighted by molar-refractivity contribution is -0.149. The molecule has 2 amide bonds. The minimum absolute atomic E-state index is 0.0183. The van der Waals surface area contributed by atoms with Gasteiger partial charge in [0.05, 0.1) is 6.42 Å². The molecule has 0 aromatic heterocycles. The summed E-state index contributed by atoms with van der Waals surface area (Å²) in [5.74, 6) is 0.793. The highest BCUT2D eigenvalue weighted by molar-refractivity contribution is 5.80. The quantitative estimate of drug-likeness (QED) is 0.652. The number of phenolic OH excluding ortho intramolecular Hbond substituents is 1. The van der Waals surface area contributed by atoms with Crippen molar-refractivity contribution in [2.45, 2.75) is 83.2 Å². The SMILES string of the molecule is CN(C(=O)Cc1ccccc1)C1CCC(C(=O)N2CC[C@@]3(C)c4cccc(O)c4C[C@H]2C3(C)C)CC1. The first-order valence-electron chi connectivity index (χ1n) is 13.5. The molecule has 5 rings (SSSR count). The molecule has 0 radical (unpaired) electrons. The van der Waals surface area contributed by atoms with Crippen molar-refractivity contribution in [1.29, 1.82) is 0 Å². The molecule has 1 saturated carbocycles. The molecule has 0 spiro atoms. The topological polar surface area (TPSA) is 60.9 Å². The number of carbonyl (C=O) groups excluding carboxylic acids is 2. The number of rotatable bonds is 4. The smallest absolute Gasteiger partial charge is 0.226 e. The largest absolute Gasteiger partial charge is 0.508 e. The van der Waals surface area contributed by atoms with Gasteiger partial charge in [-0.1, -0.05) is 63.2 Å². The van der Waals surface area contributed by atoms with Crippen LogP contribution in [0.2, 0.25) is 0 Å². The highest BCUT2D eigenvalue weighted by Crippen LogP contribution is 2.57. The standard InChI is InChI=1S/C31H40N2O3/c1-30(2)27-20-24-25(11-8-12-26(24)34)31(30,3)17-18-33(27)29(36)22-13-15-23(16-14-22)32(4)28(35)19-21-9-6-5-7-10-21/h5-12,22-23,27,34H,13-20H2,1-4H3/t22?,23?,27-,31-/m0/s1. The number of benzene rings is 2. The number of likely N-dealkylation sites (tertiary alicyclic amines) is 1. The molecule has 5 heteroatoms. The Bertz CT molecular complexity index is 1140. The fraction of sp³-hybridized carbons (Fsp3) is 0.548. The zero-order chi connectivity index (χ0) is 25.7. The predicted octanol–water partition coefficient (Wildman–Crippen LogP) is 5.09. The summed E-state index contributed by atoms with van der Waals surface area (Å²) >= 11 is 0. The van der Waals surface area contributed by atoms with E-state index in [9.17, 15) is 14.7 Å². The molecule has 0 unspecified atom stereocenters. The highest BCUT2D eigenvalue weighted by atomic mass is 16.3. The Kier molecular flexibility index (Phi) is 6.38. The summed E-state index contributed by atoms with van der Waals surface area (Å²) in [4.78, 5) is 30.8. The fourth-order valence-corrected chi connectivity index (χ4v) is 7.23. The molecule has 1 aliphatic heterocycles. The number of hydrogen-bond donors (Lipinski definition) is 1. The number of hydrogen-bond acceptors (Lipinski definition) is 3. The summed E-state index contributed by atoms with van der Waals surface area (Å²) in [5.41, 5.74) is 3.16. The monoisotopic (exact) mass is 488 g/mol. The minimum Gasteiger partial charge on any atom is -0.508 e. The van der Waals surface area contributed by atoms with Gasteiger partial charge in [0.15, 0.2) is 0 Å². The second-order valence-corrected chi connectivity index (χ2v) is 12.0. The second kappa shape index (κ2) is 9.24. The van der Waals surface area contributed by atoms with Crippen LogP contribution in [0.3, 0.4) is 0 Å². The van der Waals surface area contributed by atoms with Gasteiger partial charge in [-0.15, -0.1) is 0 Å². The van der Waals surface area contributed by atoms with Crippen molar-refractivity contribution >= 4 is 11.8 Å². The molecule has 5 nitrogen and oxygen atoms in total. The van der Waals surface area contributed by atoms with Crippen LogP contribution >= 0.6 is 0 Å².